The van der Waals surface area contributed by atoms with Gasteiger partial charge in [-0.15, -0.1) is 0 Å². The second-order valence-electron chi connectivity index (χ2n) is 5.77. The van der Waals surface area contributed by atoms with Crippen LogP contribution in [0.1, 0.15) is 46.5 Å². The van der Waals surface area contributed by atoms with Crippen LogP contribution in [0.25, 0.3) is 0 Å². The van der Waals surface area contributed by atoms with Crippen LogP contribution in [-0.2, 0) is 0 Å². The average molecular weight is 181 g/mol. The summed E-state index contributed by atoms with van der Waals surface area (Å²) in [6, 6.07) is 0.808. The molecule has 1 heterocycles. The maximum atomic E-state index is 3.64. The summed E-state index contributed by atoms with van der Waals surface area (Å²) in [4.78, 5) is 0. The van der Waals surface area contributed by atoms with Gasteiger partial charge < -0.3 is 5.32 Å². The predicted molar refractivity (Wildman–Crippen MR) is 56.7 cm³/mol. The predicted octanol–water partition coefficient (Wildman–Crippen LogP) is 2.81. The van der Waals surface area contributed by atoms with Crippen molar-refractivity contribution >= 4 is 0 Å². The minimum absolute atomic E-state index is 0.566. The molecule has 76 valence electrons. The highest BCUT2D eigenvalue weighted by Crippen LogP contribution is 2.42. The van der Waals surface area contributed by atoms with Gasteiger partial charge in [-0.2, -0.15) is 0 Å². The molecule has 2 rings (SSSR count). The Balaban J connectivity index is 1.99. The van der Waals surface area contributed by atoms with Gasteiger partial charge in [0.1, 0.15) is 0 Å². The van der Waals surface area contributed by atoms with E-state index in [1.165, 1.54) is 32.2 Å². The molecule has 13 heavy (non-hydrogen) atoms. The van der Waals surface area contributed by atoms with Gasteiger partial charge in [-0.3, -0.25) is 0 Å². The van der Waals surface area contributed by atoms with Crippen molar-refractivity contribution in [3.8, 4) is 0 Å². The summed E-state index contributed by atoms with van der Waals surface area (Å²) in [6.07, 6.45) is 5.84. The molecule has 0 radical (unpaired) electrons. The van der Waals surface area contributed by atoms with E-state index in [2.05, 4.69) is 26.1 Å². The molecule has 1 aliphatic heterocycles. The number of hydrogen-bond donors (Lipinski definition) is 1. The van der Waals surface area contributed by atoms with Crippen LogP contribution in [0.3, 0.4) is 0 Å². The highest BCUT2D eigenvalue weighted by atomic mass is 15.0. The van der Waals surface area contributed by atoms with E-state index in [9.17, 15) is 0 Å². The fraction of sp³-hybridized carbons (Fsp3) is 1.00. The molecule has 3 unspecified atom stereocenters. The Morgan fingerprint density at radius 1 is 1.15 bits per heavy atom. The van der Waals surface area contributed by atoms with Crippen LogP contribution < -0.4 is 5.32 Å². The summed E-state index contributed by atoms with van der Waals surface area (Å²) in [5.74, 6) is 1.91. The van der Waals surface area contributed by atoms with Gasteiger partial charge in [-0.25, -0.2) is 0 Å². The molecule has 1 saturated heterocycles. The Labute approximate surface area is 82.3 Å². The normalized spacial score (nSPS) is 44.1. The maximum absolute atomic E-state index is 3.64. The first-order chi connectivity index (χ1) is 6.11. The molecule has 3 atom stereocenters. The van der Waals surface area contributed by atoms with Crippen molar-refractivity contribution in [2.45, 2.75) is 52.5 Å². The topological polar surface area (TPSA) is 12.0 Å². The molecule has 0 amide bonds. The Morgan fingerprint density at radius 2 is 1.85 bits per heavy atom. The first-order valence-corrected chi connectivity index (χ1v) is 5.84. The lowest BCUT2D eigenvalue weighted by atomic mass is 9.64. The zero-order valence-corrected chi connectivity index (χ0v) is 9.27. The van der Waals surface area contributed by atoms with Crippen LogP contribution in [0.2, 0.25) is 0 Å². The lowest BCUT2D eigenvalue weighted by molar-refractivity contribution is 0.0330. The summed E-state index contributed by atoms with van der Waals surface area (Å²) < 4.78 is 0. The molecule has 0 spiro atoms. The molecular weight excluding hydrogens is 158 g/mol. The molecule has 2 aliphatic rings. The summed E-state index contributed by atoms with van der Waals surface area (Å²) >= 11 is 0. The van der Waals surface area contributed by atoms with Gasteiger partial charge in [0, 0.05) is 12.6 Å². The van der Waals surface area contributed by atoms with Crippen molar-refractivity contribution in [2.24, 2.45) is 17.3 Å². The van der Waals surface area contributed by atoms with Crippen LogP contribution >= 0.6 is 0 Å². The molecule has 1 aliphatic carbocycles. The monoisotopic (exact) mass is 181 g/mol. The fourth-order valence-electron chi connectivity index (χ4n) is 3.20. The Morgan fingerprint density at radius 3 is 2.31 bits per heavy atom. The molecule has 0 aromatic carbocycles. The standard InChI is InChI=1S/C12H23N/c1-9-6-4-5-7-10(9)11-12(2,3)8-13-11/h9-11,13H,4-8H2,1-3H3. The second-order valence-corrected chi connectivity index (χ2v) is 5.77. The van der Waals surface area contributed by atoms with Gasteiger partial charge in [-0.1, -0.05) is 40.0 Å². The van der Waals surface area contributed by atoms with E-state index in [1.807, 2.05) is 0 Å². The van der Waals surface area contributed by atoms with E-state index in [1.54, 1.807) is 0 Å². The highest BCUT2D eigenvalue weighted by molar-refractivity contribution is 5.01. The number of rotatable bonds is 1. The summed E-state index contributed by atoms with van der Waals surface area (Å²) in [7, 11) is 0. The first-order valence-electron chi connectivity index (χ1n) is 5.84. The Kier molecular flexibility index (Phi) is 2.39. The Hall–Kier alpha value is -0.0400. The van der Waals surface area contributed by atoms with Crippen molar-refractivity contribution in [2.75, 3.05) is 6.54 Å². The fourth-order valence-corrected chi connectivity index (χ4v) is 3.20. The zero-order chi connectivity index (χ0) is 9.47. The third-order valence-corrected chi connectivity index (χ3v) is 4.23. The van der Waals surface area contributed by atoms with Crippen LogP contribution in [0.5, 0.6) is 0 Å². The number of nitrogens with one attached hydrogen (secondary N) is 1. The summed E-state index contributed by atoms with van der Waals surface area (Å²) in [5, 5.41) is 3.64. The maximum Gasteiger partial charge on any atom is 0.0161 e. The van der Waals surface area contributed by atoms with E-state index in [0.29, 0.717) is 5.41 Å². The van der Waals surface area contributed by atoms with Crippen molar-refractivity contribution < 1.29 is 0 Å². The lowest BCUT2D eigenvalue weighted by Crippen LogP contribution is -2.63. The van der Waals surface area contributed by atoms with Crippen molar-refractivity contribution in [3.05, 3.63) is 0 Å². The smallest absolute Gasteiger partial charge is 0.0161 e. The quantitative estimate of drug-likeness (QED) is 0.656. The first kappa shape index (κ1) is 9.51. The third-order valence-electron chi connectivity index (χ3n) is 4.23. The van der Waals surface area contributed by atoms with Crippen LogP contribution in [0, 0.1) is 17.3 Å². The van der Waals surface area contributed by atoms with E-state index in [0.717, 1.165) is 17.9 Å². The van der Waals surface area contributed by atoms with Gasteiger partial charge >= 0.3 is 0 Å². The molecule has 2 fully saturated rings. The van der Waals surface area contributed by atoms with Crippen molar-refractivity contribution in [1.29, 1.82) is 0 Å². The largest absolute Gasteiger partial charge is 0.313 e. The SMILES string of the molecule is CC1CCCCC1C1NCC1(C)C. The van der Waals surface area contributed by atoms with Gasteiger partial charge in [0.15, 0.2) is 0 Å². The summed E-state index contributed by atoms with van der Waals surface area (Å²) in [6.45, 7) is 8.49. The average Bonchev–Trinajstić information content (AvgIpc) is 2.07. The molecule has 1 N–H and O–H groups in total. The van der Waals surface area contributed by atoms with Gasteiger partial charge in [-0.05, 0) is 23.7 Å². The molecule has 1 saturated carbocycles. The van der Waals surface area contributed by atoms with Crippen LogP contribution in [0.15, 0.2) is 0 Å². The van der Waals surface area contributed by atoms with Gasteiger partial charge in [0.05, 0.1) is 0 Å². The molecular formula is C12H23N. The zero-order valence-electron chi connectivity index (χ0n) is 9.27. The summed E-state index contributed by atoms with van der Waals surface area (Å²) in [5.41, 5.74) is 0.566. The van der Waals surface area contributed by atoms with Crippen LogP contribution in [-0.4, -0.2) is 12.6 Å². The molecule has 0 bridgehead atoms. The van der Waals surface area contributed by atoms with E-state index < -0.39 is 0 Å². The van der Waals surface area contributed by atoms with Gasteiger partial charge in [0.25, 0.3) is 0 Å². The minimum Gasteiger partial charge on any atom is -0.313 e. The highest BCUT2D eigenvalue weighted by Gasteiger charge is 2.44. The van der Waals surface area contributed by atoms with Crippen LogP contribution in [0.4, 0.5) is 0 Å². The molecule has 1 nitrogen and oxygen atoms in total. The number of hydrogen-bond acceptors (Lipinski definition) is 1. The lowest BCUT2D eigenvalue weighted by Gasteiger charge is -2.52. The molecule has 0 aromatic rings. The minimum atomic E-state index is 0.566. The van der Waals surface area contributed by atoms with E-state index in [-0.39, 0.29) is 0 Å². The second kappa shape index (κ2) is 3.27. The van der Waals surface area contributed by atoms with Crippen molar-refractivity contribution in [1.82, 2.24) is 5.32 Å². The molecule has 1 heteroatoms. The van der Waals surface area contributed by atoms with Crippen molar-refractivity contribution in [3.63, 3.8) is 0 Å². The van der Waals surface area contributed by atoms with E-state index >= 15 is 0 Å². The third kappa shape index (κ3) is 1.63. The Bertz CT molecular complexity index is 186. The van der Waals surface area contributed by atoms with Gasteiger partial charge in [0.2, 0.25) is 0 Å². The van der Waals surface area contributed by atoms with E-state index in [4.69, 9.17) is 0 Å². The molecule has 0 aromatic heterocycles.